The van der Waals surface area contributed by atoms with E-state index in [-0.39, 0.29) is 17.3 Å². The Kier molecular flexibility index (Phi) is 3.41. The molecule has 0 unspecified atom stereocenters. The summed E-state index contributed by atoms with van der Waals surface area (Å²) in [5.74, 6) is 0.468. The molecule has 0 fully saturated rings. The summed E-state index contributed by atoms with van der Waals surface area (Å²) in [7, 11) is 1.60. The quantitative estimate of drug-likeness (QED) is 0.750. The van der Waals surface area contributed by atoms with Crippen LogP contribution in [0.1, 0.15) is 30.3 Å². The van der Waals surface area contributed by atoms with Gasteiger partial charge in [-0.05, 0) is 20.8 Å². The normalized spacial score (nSPS) is 11.5. The zero-order valence-electron chi connectivity index (χ0n) is 9.42. The Labute approximate surface area is 88.4 Å². The number of nitrogens with zero attached hydrogens (tertiary/aromatic N) is 2. The van der Waals surface area contributed by atoms with Crippen LogP contribution in [0.2, 0.25) is 0 Å². The first-order chi connectivity index (χ1) is 6.94. The van der Waals surface area contributed by atoms with Crippen LogP contribution in [0.15, 0.2) is 0 Å². The van der Waals surface area contributed by atoms with E-state index >= 15 is 0 Å². The van der Waals surface area contributed by atoms with Crippen LogP contribution in [-0.4, -0.2) is 40.3 Å². The molecule has 1 rings (SSSR count). The maximum atomic E-state index is 11.5. The van der Waals surface area contributed by atoms with Crippen LogP contribution in [-0.2, 0) is 4.74 Å². The molecule has 0 saturated heterocycles. The van der Waals surface area contributed by atoms with Crippen molar-refractivity contribution in [2.75, 3.05) is 13.7 Å². The van der Waals surface area contributed by atoms with Gasteiger partial charge in [0, 0.05) is 13.7 Å². The van der Waals surface area contributed by atoms with Crippen LogP contribution in [0.5, 0.6) is 0 Å². The van der Waals surface area contributed by atoms with Crippen molar-refractivity contribution in [3.8, 4) is 0 Å². The van der Waals surface area contributed by atoms with Gasteiger partial charge in [0.25, 0.3) is 5.91 Å². The summed E-state index contributed by atoms with van der Waals surface area (Å²) in [6.45, 7) is 5.92. The lowest BCUT2D eigenvalue weighted by Crippen LogP contribution is -2.40. The molecule has 0 aliphatic rings. The Bertz CT molecular complexity index is 346. The molecule has 0 aliphatic carbocycles. The standard InChI is InChI=1S/C9H16N4O2/c1-6-11-7(13-12-6)8(14)10-5-9(2,3)15-4/h5H2,1-4H3,(H,10,14)(H,11,12,13). The van der Waals surface area contributed by atoms with Crippen LogP contribution >= 0.6 is 0 Å². The summed E-state index contributed by atoms with van der Waals surface area (Å²) in [4.78, 5) is 15.4. The minimum Gasteiger partial charge on any atom is -0.377 e. The molecular formula is C9H16N4O2. The SMILES string of the molecule is COC(C)(C)CNC(=O)c1n[nH]c(C)n1. The molecule has 0 aliphatic heterocycles. The first-order valence-electron chi connectivity index (χ1n) is 4.67. The van der Waals surface area contributed by atoms with Gasteiger partial charge in [0.2, 0.25) is 5.82 Å². The predicted molar refractivity (Wildman–Crippen MR) is 54.5 cm³/mol. The van der Waals surface area contributed by atoms with Gasteiger partial charge in [-0.3, -0.25) is 9.89 Å². The summed E-state index contributed by atoms with van der Waals surface area (Å²) in [6, 6.07) is 0. The number of amides is 1. The van der Waals surface area contributed by atoms with Crippen LogP contribution in [0.25, 0.3) is 0 Å². The summed E-state index contributed by atoms with van der Waals surface area (Å²) in [5, 5.41) is 9.06. The molecule has 15 heavy (non-hydrogen) atoms. The highest BCUT2D eigenvalue weighted by atomic mass is 16.5. The van der Waals surface area contributed by atoms with Gasteiger partial charge in [-0.25, -0.2) is 4.98 Å². The number of rotatable bonds is 4. The number of aromatic amines is 1. The molecule has 0 aromatic carbocycles. The van der Waals surface area contributed by atoms with Crippen molar-refractivity contribution in [2.45, 2.75) is 26.4 Å². The van der Waals surface area contributed by atoms with Gasteiger partial charge in [-0.2, -0.15) is 0 Å². The number of hydrogen-bond acceptors (Lipinski definition) is 4. The van der Waals surface area contributed by atoms with Gasteiger partial charge in [-0.15, -0.1) is 5.10 Å². The molecule has 1 amide bonds. The number of ether oxygens (including phenoxy) is 1. The Balaban J connectivity index is 2.50. The average Bonchev–Trinajstić information content (AvgIpc) is 2.61. The first-order valence-corrected chi connectivity index (χ1v) is 4.67. The number of aryl methyl sites for hydroxylation is 1. The molecule has 0 spiro atoms. The lowest BCUT2D eigenvalue weighted by Gasteiger charge is -2.22. The second-order valence-corrected chi connectivity index (χ2v) is 3.89. The maximum Gasteiger partial charge on any atom is 0.291 e. The molecule has 0 saturated carbocycles. The van der Waals surface area contributed by atoms with Crippen molar-refractivity contribution in [1.82, 2.24) is 20.5 Å². The topological polar surface area (TPSA) is 79.9 Å². The average molecular weight is 212 g/mol. The summed E-state index contributed by atoms with van der Waals surface area (Å²) >= 11 is 0. The van der Waals surface area contributed by atoms with Crippen LogP contribution in [0, 0.1) is 6.92 Å². The van der Waals surface area contributed by atoms with E-state index in [0.717, 1.165) is 0 Å². The molecule has 2 N–H and O–H groups in total. The molecular weight excluding hydrogens is 196 g/mol. The third-order valence-electron chi connectivity index (χ3n) is 2.03. The molecule has 0 radical (unpaired) electrons. The minimum absolute atomic E-state index is 0.152. The first kappa shape index (κ1) is 11.6. The molecule has 6 nitrogen and oxygen atoms in total. The van der Waals surface area contributed by atoms with E-state index < -0.39 is 0 Å². The second-order valence-electron chi connectivity index (χ2n) is 3.89. The van der Waals surface area contributed by atoms with Gasteiger partial charge in [-0.1, -0.05) is 0 Å². The summed E-state index contributed by atoms with van der Waals surface area (Å²) < 4.78 is 5.17. The fourth-order valence-corrected chi connectivity index (χ4v) is 0.889. The highest BCUT2D eigenvalue weighted by molar-refractivity contribution is 5.90. The van der Waals surface area contributed by atoms with E-state index in [4.69, 9.17) is 4.74 Å². The number of nitrogens with one attached hydrogen (secondary N) is 2. The highest BCUT2D eigenvalue weighted by Crippen LogP contribution is 2.04. The second kappa shape index (κ2) is 4.39. The Morgan fingerprint density at radius 1 is 1.60 bits per heavy atom. The van der Waals surface area contributed by atoms with Crippen molar-refractivity contribution in [3.63, 3.8) is 0 Å². The predicted octanol–water partition coefficient (Wildman–Crippen LogP) is 0.268. The van der Waals surface area contributed by atoms with E-state index in [0.29, 0.717) is 12.4 Å². The van der Waals surface area contributed by atoms with E-state index in [9.17, 15) is 4.79 Å². The van der Waals surface area contributed by atoms with E-state index in [1.165, 1.54) is 0 Å². The number of carbonyl (C=O) groups excluding carboxylic acids is 1. The Hall–Kier alpha value is -1.43. The van der Waals surface area contributed by atoms with Crippen molar-refractivity contribution >= 4 is 5.91 Å². The zero-order valence-corrected chi connectivity index (χ0v) is 9.42. The van der Waals surface area contributed by atoms with Gasteiger partial charge in [0.15, 0.2) is 0 Å². The third-order valence-corrected chi connectivity index (χ3v) is 2.03. The maximum absolute atomic E-state index is 11.5. The summed E-state index contributed by atoms with van der Waals surface area (Å²) in [5.41, 5.74) is -0.388. The van der Waals surface area contributed by atoms with Gasteiger partial charge in [0.1, 0.15) is 5.82 Å². The molecule has 0 bridgehead atoms. The minimum atomic E-state index is -0.388. The molecule has 6 heteroatoms. The largest absolute Gasteiger partial charge is 0.377 e. The molecule has 1 heterocycles. The van der Waals surface area contributed by atoms with E-state index in [2.05, 4.69) is 20.5 Å². The molecule has 0 atom stereocenters. The Morgan fingerprint density at radius 3 is 2.73 bits per heavy atom. The Morgan fingerprint density at radius 2 is 2.27 bits per heavy atom. The van der Waals surface area contributed by atoms with Gasteiger partial charge < -0.3 is 10.1 Å². The number of H-pyrrole nitrogens is 1. The molecule has 84 valence electrons. The van der Waals surface area contributed by atoms with Crippen molar-refractivity contribution < 1.29 is 9.53 Å². The molecule has 1 aromatic rings. The van der Waals surface area contributed by atoms with Crippen molar-refractivity contribution in [3.05, 3.63) is 11.6 Å². The third kappa shape index (κ3) is 3.32. The van der Waals surface area contributed by atoms with Gasteiger partial charge in [0.05, 0.1) is 5.60 Å². The van der Waals surface area contributed by atoms with Crippen LogP contribution < -0.4 is 5.32 Å². The van der Waals surface area contributed by atoms with E-state index in [1.54, 1.807) is 14.0 Å². The van der Waals surface area contributed by atoms with Crippen molar-refractivity contribution in [1.29, 1.82) is 0 Å². The summed E-state index contributed by atoms with van der Waals surface area (Å²) in [6.07, 6.45) is 0. The molecule has 1 aromatic heterocycles. The lowest BCUT2D eigenvalue weighted by molar-refractivity contribution is 0.0227. The van der Waals surface area contributed by atoms with Crippen molar-refractivity contribution in [2.24, 2.45) is 0 Å². The van der Waals surface area contributed by atoms with E-state index in [1.807, 2.05) is 13.8 Å². The zero-order chi connectivity index (χ0) is 11.5. The fraction of sp³-hybridized carbons (Fsp3) is 0.667. The highest BCUT2D eigenvalue weighted by Gasteiger charge is 2.19. The van der Waals surface area contributed by atoms with Crippen LogP contribution in [0.4, 0.5) is 0 Å². The van der Waals surface area contributed by atoms with Gasteiger partial charge >= 0.3 is 0 Å². The number of carbonyl (C=O) groups is 1. The fourth-order valence-electron chi connectivity index (χ4n) is 0.889. The number of aromatic nitrogens is 3. The monoisotopic (exact) mass is 212 g/mol. The number of hydrogen-bond donors (Lipinski definition) is 2. The smallest absolute Gasteiger partial charge is 0.291 e. The number of methoxy groups -OCH3 is 1. The lowest BCUT2D eigenvalue weighted by atomic mass is 10.1. The van der Waals surface area contributed by atoms with Crippen LogP contribution in [0.3, 0.4) is 0 Å².